The summed E-state index contributed by atoms with van der Waals surface area (Å²) in [5.74, 6) is -0.144. The van der Waals surface area contributed by atoms with Gasteiger partial charge in [0.2, 0.25) is 0 Å². The van der Waals surface area contributed by atoms with Crippen LogP contribution in [0.3, 0.4) is 0 Å². The van der Waals surface area contributed by atoms with E-state index >= 15 is 0 Å². The van der Waals surface area contributed by atoms with Crippen molar-refractivity contribution in [1.29, 1.82) is 0 Å². The van der Waals surface area contributed by atoms with Crippen LogP contribution in [0.5, 0.6) is 0 Å². The molecule has 0 spiro atoms. The highest BCUT2D eigenvalue weighted by Gasteiger charge is 2.31. The predicted octanol–water partition coefficient (Wildman–Crippen LogP) is 0.815. The third kappa shape index (κ3) is 3.15. The van der Waals surface area contributed by atoms with Crippen LogP contribution in [0.25, 0.3) is 6.08 Å². The van der Waals surface area contributed by atoms with Crippen molar-refractivity contribution in [3.63, 3.8) is 0 Å². The van der Waals surface area contributed by atoms with Crippen molar-refractivity contribution < 1.29 is 14.8 Å². The molecule has 1 saturated heterocycles. The summed E-state index contributed by atoms with van der Waals surface area (Å²) in [7, 11) is -1.48. The summed E-state index contributed by atoms with van der Waals surface area (Å²) in [6.07, 6.45) is 3.33. The molecule has 2 N–H and O–H groups in total. The summed E-state index contributed by atoms with van der Waals surface area (Å²) >= 11 is 7.58. The number of rotatable bonds is 4. The molecule has 1 aromatic heterocycles. The lowest BCUT2D eigenvalue weighted by atomic mass is 9.90. The fraction of sp³-hybridized carbons (Fsp3) is 0.0909. The summed E-state index contributed by atoms with van der Waals surface area (Å²) in [5, 5.41) is 18.1. The third-order valence-corrected chi connectivity index (χ3v) is 4.81. The van der Waals surface area contributed by atoms with E-state index in [4.69, 9.17) is 22.3 Å². The first kappa shape index (κ1) is 14.5. The molecular weight excluding hydrogens is 301 g/mol. The van der Waals surface area contributed by atoms with Gasteiger partial charge in [-0.05, 0) is 12.1 Å². The standard InChI is InChI=1S/C11H10BNO3S3/c1-2-5-13-10(14)8(19-11(13)17)6-7-3-4-9(18-7)12(15)16/h2-4,6,15-16H,1,5H2. The lowest BCUT2D eigenvalue weighted by Crippen LogP contribution is -2.27. The number of carbonyl (C=O) groups is 1. The monoisotopic (exact) mass is 311 g/mol. The number of thiocarbonyl (C=S) groups is 1. The third-order valence-electron chi connectivity index (χ3n) is 2.36. The molecule has 1 aromatic rings. The van der Waals surface area contributed by atoms with E-state index in [9.17, 15) is 4.79 Å². The topological polar surface area (TPSA) is 60.8 Å². The summed E-state index contributed by atoms with van der Waals surface area (Å²) in [6.45, 7) is 3.98. The molecule has 4 nitrogen and oxygen atoms in total. The van der Waals surface area contributed by atoms with Crippen molar-refractivity contribution >= 4 is 63.5 Å². The molecule has 0 bridgehead atoms. The molecular formula is C11H10BNO3S3. The van der Waals surface area contributed by atoms with E-state index in [0.29, 0.717) is 20.5 Å². The minimum absolute atomic E-state index is 0.144. The molecule has 2 rings (SSSR count). The first-order chi connectivity index (χ1) is 9.02. The molecule has 0 atom stereocenters. The zero-order valence-electron chi connectivity index (χ0n) is 9.78. The Hall–Kier alpha value is -0.925. The van der Waals surface area contributed by atoms with Crippen molar-refractivity contribution in [2.24, 2.45) is 0 Å². The first-order valence-corrected chi connectivity index (χ1v) is 7.39. The van der Waals surface area contributed by atoms with Gasteiger partial charge in [0, 0.05) is 16.2 Å². The van der Waals surface area contributed by atoms with Crippen LogP contribution in [0.2, 0.25) is 0 Å². The van der Waals surface area contributed by atoms with Crippen molar-refractivity contribution in [1.82, 2.24) is 4.90 Å². The smallest absolute Gasteiger partial charge is 0.423 e. The molecule has 0 aliphatic carbocycles. The van der Waals surface area contributed by atoms with E-state index in [0.717, 1.165) is 4.88 Å². The number of thiophene rings is 1. The second kappa shape index (κ2) is 6.02. The van der Waals surface area contributed by atoms with E-state index in [-0.39, 0.29) is 5.91 Å². The maximum Gasteiger partial charge on any atom is 0.499 e. The van der Waals surface area contributed by atoms with Gasteiger partial charge in [-0.2, -0.15) is 0 Å². The second-order valence-corrected chi connectivity index (χ2v) is 6.52. The summed E-state index contributed by atoms with van der Waals surface area (Å²) in [6, 6.07) is 3.35. The number of carbonyl (C=O) groups excluding carboxylic acids is 1. The van der Waals surface area contributed by atoms with Crippen molar-refractivity contribution in [3.05, 3.63) is 34.6 Å². The van der Waals surface area contributed by atoms with E-state index in [1.807, 2.05) is 0 Å². The lowest BCUT2D eigenvalue weighted by molar-refractivity contribution is -0.121. The van der Waals surface area contributed by atoms with E-state index in [2.05, 4.69) is 6.58 Å². The number of nitrogens with zero attached hydrogens (tertiary/aromatic N) is 1. The Balaban J connectivity index is 2.22. The Labute approximate surface area is 124 Å². The molecule has 8 heteroatoms. The van der Waals surface area contributed by atoms with Crippen LogP contribution in [0.1, 0.15) is 4.88 Å². The minimum atomic E-state index is -1.48. The van der Waals surface area contributed by atoms with Crippen LogP contribution in [0.4, 0.5) is 0 Å². The Kier molecular flexibility index (Phi) is 4.59. The molecule has 1 fully saturated rings. The van der Waals surface area contributed by atoms with E-state index < -0.39 is 7.12 Å². The molecule has 0 unspecified atom stereocenters. The highest BCUT2D eigenvalue weighted by molar-refractivity contribution is 8.26. The van der Waals surface area contributed by atoms with E-state index in [1.54, 1.807) is 24.3 Å². The Morgan fingerprint density at radius 1 is 1.47 bits per heavy atom. The van der Waals surface area contributed by atoms with Crippen LogP contribution >= 0.6 is 35.3 Å². The molecule has 98 valence electrons. The zero-order valence-corrected chi connectivity index (χ0v) is 12.2. The quantitative estimate of drug-likeness (QED) is 0.373. The molecule has 1 aliphatic heterocycles. The van der Waals surface area contributed by atoms with Crippen LogP contribution in [-0.2, 0) is 4.79 Å². The van der Waals surface area contributed by atoms with Gasteiger partial charge in [0.25, 0.3) is 5.91 Å². The van der Waals surface area contributed by atoms with Crippen LogP contribution in [0, 0.1) is 0 Å². The highest BCUT2D eigenvalue weighted by atomic mass is 32.2. The van der Waals surface area contributed by atoms with Gasteiger partial charge in [0.05, 0.1) is 4.91 Å². The second-order valence-electron chi connectivity index (χ2n) is 3.69. The molecule has 0 radical (unpaired) electrons. The Morgan fingerprint density at radius 2 is 2.21 bits per heavy atom. The molecule has 0 aromatic carbocycles. The van der Waals surface area contributed by atoms with Crippen molar-refractivity contribution in [2.75, 3.05) is 6.54 Å². The minimum Gasteiger partial charge on any atom is -0.423 e. The first-order valence-electron chi connectivity index (χ1n) is 5.35. The maximum absolute atomic E-state index is 12.1. The van der Waals surface area contributed by atoms with Gasteiger partial charge < -0.3 is 10.0 Å². The van der Waals surface area contributed by atoms with E-state index in [1.165, 1.54) is 28.0 Å². The number of thioether (sulfide) groups is 1. The zero-order chi connectivity index (χ0) is 14.0. The molecule has 2 heterocycles. The molecule has 0 saturated carbocycles. The van der Waals surface area contributed by atoms with Crippen LogP contribution in [0.15, 0.2) is 29.7 Å². The van der Waals surface area contributed by atoms with Gasteiger partial charge >= 0.3 is 7.12 Å². The van der Waals surface area contributed by atoms with Crippen molar-refractivity contribution in [2.45, 2.75) is 0 Å². The number of hydrogen-bond donors (Lipinski definition) is 2. The van der Waals surface area contributed by atoms with Crippen molar-refractivity contribution in [3.8, 4) is 0 Å². The average Bonchev–Trinajstić information content (AvgIpc) is 2.91. The fourth-order valence-electron chi connectivity index (χ4n) is 1.50. The predicted molar refractivity (Wildman–Crippen MR) is 84.2 cm³/mol. The van der Waals surface area contributed by atoms with Gasteiger partial charge in [0.15, 0.2) is 0 Å². The van der Waals surface area contributed by atoms with Crippen LogP contribution in [-0.4, -0.2) is 38.8 Å². The van der Waals surface area contributed by atoms with Gasteiger partial charge in [-0.1, -0.05) is 36.1 Å². The van der Waals surface area contributed by atoms with Gasteiger partial charge in [-0.15, -0.1) is 17.9 Å². The van der Waals surface area contributed by atoms with Gasteiger partial charge in [-0.3, -0.25) is 9.69 Å². The summed E-state index contributed by atoms with van der Waals surface area (Å²) in [5.41, 5.74) is 0. The SMILES string of the molecule is C=CCN1C(=O)C(=Cc2ccc(B(O)O)s2)SC1=S. The Bertz CT molecular complexity index is 567. The molecule has 1 aliphatic rings. The largest absolute Gasteiger partial charge is 0.499 e. The number of hydrogen-bond acceptors (Lipinski definition) is 6. The van der Waals surface area contributed by atoms with Gasteiger partial charge in [0.1, 0.15) is 4.32 Å². The lowest BCUT2D eigenvalue weighted by Gasteiger charge is -2.10. The Morgan fingerprint density at radius 3 is 2.79 bits per heavy atom. The maximum atomic E-state index is 12.1. The number of amides is 1. The highest BCUT2D eigenvalue weighted by Crippen LogP contribution is 2.32. The molecule has 19 heavy (non-hydrogen) atoms. The van der Waals surface area contributed by atoms with Crippen LogP contribution < -0.4 is 4.78 Å². The van der Waals surface area contributed by atoms with Gasteiger partial charge in [-0.25, -0.2) is 0 Å². The average molecular weight is 311 g/mol. The normalized spacial score (nSPS) is 17.4. The molecule has 1 amide bonds. The fourth-order valence-corrected chi connectivity index (χ4v) is 3.67. The summed E-state index contributed by atoms with van der Waals surface area (Å²) < 4.78 is 0.947. The summed E-state index contributed by atoms with van der Waals surface area (Å²) in [4.78, 5) is 14.9.